The Morgan fingerprint density at radius 3 is 1.10 bits per heavy atom. The lowest BCUT2D eigenvalue weighted by atomic mass is 9.47. The van der Waals surface area contributed by atoms with Crippen LogP contribution in [0.4, 0.5) is 0 Å². The van der Waals surface area contributed by atoms with Gasteiger partial charge in [-0.25, -0.2) is 15.0 Å². The Hall–Kier alpha value is -4.26. The number of hydrogen-bond acceptors (Lipinski definition) is 6. The van der Waals surface area contributed by atoms with Crippen molar-refractivity contribution in [1.82, 2.24) is 29.9 Å². The van der Waals surface area contributed by atoms with Gasteiger partial charge in [0.15, 0.2) is 0 Å². The second kappa shape index (κ2) is 7.21. The molecule has 6 rings (SSSR count). The van der Waals surface area contributed by atoms with Crippen LogP contribution in [0.15, 0.2) is 91.4 Å². The molecular weight excluding hydrogens is 383 g/mol. The summed E-state index contributed by atoms with van der Waals surface area (Å²) >= 11 is 0. The van der Waals surface area contributed by atoms with Crippen molar-refractivity contribution in [3.05, 3.63) is 91.4 Å². The first-order valence-corrected chi connectivity index (χ1v) is 10.0. The van der Waals surface area contributed by atoms with Crippen molar-refractivity contribution in [2.75, 3.05) is 0 Å². The smallest absolute Gasteiger partial charge is 0.250 e. The van der Waals surface area contributed by atoms with Crippen LogP contribution in [0.5, 0.6) is 0 Å². The summed E-state index contributed by atoms with van der Waals surface area (Å²) in [7, 11) is 0. The highest BCUT2D eigenvalue weighted by molar-refractivity contribution is 6.92. The molecule has 0 radical (unpaired) electrons. The first-order chi connectivity index (χ1) is 15.3. The summed E-state index contributed by atoms with van der Waals surface area (Å²) in [5.41, 5.74) is 4.30. The lowest BCUT2D eigenvalue weighted by Gasteiger charge is -2.12. The largest absolute Gasteiger partial charge is 0.381 e. The minimum absolute atomic E-state index is 0.487. The maximum atomic E-state index is 4.82. The number of benzene rings is 3. The van der Waals surface area contributed by atoms with Crippen molar-refractivity contribution in [1.29, 1.82) is 0 Å². The zero-order chi connectivity index (χ0) is 20.6. The van der Waals surface area contributed by atoms with Crippen LogP contribution in [0.2, 0.25) is 0 Å². The molecule has 0 unspecified atom stereocenters. The predicted octanol–water partition coefficient (Wildman–Crippen LogP) is 2.03. The summed E-state index contributed by atoms with van der Waals surface area (Å²) in [4.78, 5) is 28.4. The van der Waals surface area contributed by atoms with E-state index < -0.39 is 6.71 Å². The summed E-state index contributed by atoms with van der Waals surface area (Å²) in [6, 6.07) is 23.7. The molecule has 31 heavy (non-hydrogen) atoms. The molecule has 0 N–H and O–H groups in total. The lowest BCUT2D eigenvalue weighted by Crippen LogP contribution is -2.59. The van der Waals surface area contributed by atoms with Crippen LogP contribution >= 0.6 is 0 Å². The summed E-state index contributed by atoms with van der Waals surface area (Å²) < 4.78 is 0. The molecule has 6 aromatic rings. The van der Waals surface area contributed by atoms with Gasteiger partial charge in [0, 0.05) is 34.7 Å². The van der Waals surface area contributed by atoms with Gasteiger partial charge < -0.3 is 0 Å². The fourth-order valence-electron chi connectivity index (χ4n) is 3.72. The number of hydrogen-bond donors (Lipinski definition) is 0. The zero-order valence-corrected chi connectivity index (χ0v) is 16.4. The van der Waals surface area contributed by atoms with Crippen molar-refractivity contribution in [3.63, 3.8) is 0 Å². The molecule has 0 spiro atoms. The Balaban J connectivity index is 1.59. The van der Waals surface area contributed by atoms with Crippen LogP contribution in [-0.4, -0.2) is 36.6 Å². The summed E-state index contributed by atoms with van der Waals surface area (Å²) in [6.07, 6.45) is 5.48. The number of rotatable bonds is 3. The molecule has 7 heteroatoms. The third-order valence-electron chi connectivity index (χ3n) is 5.30. The van der Waals surface area contributed by atoms with Crippen molar-refractivity contribution in [3.8, 4) is 0 Å². The molecule has 0 bridgehead atoms. The van der Waals surface area contributed by atoms with E-state index in [-0.39, 0.29) is 0 Å². The average Bonchev–Trinajstić information content (AvgIpc) is 2.84. The van der Waals surface area contributed by atoms with Crippen LogP contribution in [0.3, 0.4) is 0 Å². The van der Waals surface area contributed by atoms with E-state index in [2.05, 4.69) is 15.0 Å². The minimum atomic E-state index is -0.487. The predicted molar refractivity (Wildman–Crippen MR) is 123 cm³/mol. The third-order valence-corrected chi connectivity index (χ3v) is 5.30. The van der Waals surface area contributed by atoms with Crippen molar-refractivity contribution in [2.45, 2.75) is 0 Å². The van der Waals surface area contributed by atoms with Crippen molar-refractivity contribution < 1.29 is 0 Å². The van der Waals surface area contributed by atoms with Crippen LogP contribution in [0.25, 0.3) is 32.7 Å². The zero-order valence-electron chi connectivity index (χ0n) is 16.4. The van der Waals surface area contributed by atoms with E-state index in [4.69, 9.17) is 15.0 Å². The molecule has 0 aliphatic heterocycles. The Labute approximate surface area is 178 Å². The highest BCUT2D eigenvalue weighted by Crippen LogP contribution is 2.10. The molecule has 144 valence electrons. The SMILES string of the molecule is c1ccc2nc(B(c3ncc4ccccc4n3)c3ncc4ccccc4n3)ncc2c1. The molecule has 0 fully saturated rings. The second-order valence-electron chi connectivity index (χ2n) is 7.29. The first kappa shape index (κ1) is 17.6. The Bertz CT molecular complexity index is 1380. The fourth-order valence-corrected chi connectivity index (χ4v) is 3.72. The summed E-state index contributed by atoms with van der Waals surface area (Å²) in [6.45, 7) is -0.487. The number of para-hydroxylation sites is 3. The van der Waals surface area contributed by atoms with Crippen molar-refractivity contribution in [2.24, 2.45) is 0 Å². The van der Waals surface area contributed by atoms with Gasteiger partial charge >= 0.3 is 6.71 Å². The van der Waals surface area contributed by atoms with Gasteiger partial charge in [-0.2, -0.15) is 0 Å². The van der Waals surface area contributed by atoms with Gasteiger partial charge in [0.05, 0.1) is 16.6 Å². The normalized spacial score (nSPS) is 11.2. The van der Waals surface area contributed by atoms with Crippen LogP contribution in [0, 0.1) is 0 Å². The maximum absolute atomic E-state index is 4.82. The Morgan fingerprint density at radius 2 is 0.742 bits per heavy atom. The fraction of sp³-hybridized carbons (Fsp3) is 0. The second-order valence-corrected chi connectivity index (χ2v) is 7.29. The van der Waals surface area contributed by atoms with Crippen LogP contribution in [-0.2, 0) is 0 Å². The molecule has 0 saturated carbocycles. The Morgan fingerprint density at radius 1 is 0.419 bits per heavy atom. The van der Waals surface area contributed by atoms with Gasteiger partial charge in [0.25, 0.3) is 0 Å². The van der Waals surface area contributed by atoms with E-state index in [1.165, 1.54) is 0 Å². The highest BCUT2D eigenvalue weighted by atomic mass is 14.9. The molecule has 0 saturated heterocycles. The van der Waals surface area contributed by atoms with Crippen LogP contribution < -0.4 is 17.2 Å². The average molecular weight is 398 g/mol. The topological polar surface area (TPSA) is 77.3 Å². The van der Waals surface area contributed by atoms with E-state index in [1.54, 1.807) is 0 Å². The van der Waals surface area contributed by atoms with Gasteiger partial charge in [0.1, 0.15) is 17.2 Å². The molecule has 0 amide bonds. The third kappa shape index (κ3) is 3.16. The standard InChI is InChI=1S/C24H15BN6/c1-4-10-19-16(7-1)13-26-22(29-19)25(23-27-14-17-8-2-5-11-20(17)30-23)24-28-15-18-9-3-6-12-21(18)31-24/h1-15H. The van der Waals surface area contributed by atoms with Gasteiger partial charge in [-0.1, -0.05) is 54.6 Å². The van der Waals surface area contributed by atoms with E-state index >= 15 is 0 Å². The van der Waals surface area contributed by atoms with E-state index in [1.807, 2.05) is 91.4 Å². The molecule has 6 nitrogen and oxygen atoms in total. The molecular formula is C24H15BN6. The van der Waals surface area contributed by atoms with Gasteiger partial charge in [-0.05, 0) is 18.2 Å². The maximum Gasteiger partial charge on any atom is 0.381 e. The molecule has 3 aromatic heterocycles. The van der Waals surface area contributed by atoms with Gasteiger partial charge in [-0.3, -0.25) is 15.0 Å². The number of fused-ring (bicyclic) bond motifs is 3. The van der Waals surface area contributed by atoms with Gasteiger partial charge in [0.2, 0.25) is 0 Å². The number of aromatic nitrogens is 6. The highest BCUT2D eigenvalue weighted by Gasteiger charge is 2.32. The quantitative estimate of drug-likeness (QED) is 0.425. The molecule has 0 aliphatic carbocycles. The summed E-state index contributed by atoms with van der Waals surface area (Å²) in [5.74, 6) is 0. The van der Waals surface area contributed by atoms with E-state index in [0.717, 1.165) is 32.7 Å². The monoisotopic (exact) mass is 398 g/mol. The van der Waals surface area contributed by atoms with Crippen LogP contribution in [0.1, 0.15) is 0 Å². The minimum Gasteiger partial charge on any atom is -0.250 e. The molecule has 3 aromatic carbocycles. The van der Waals surface area contributed by atoms with Gasteiger partial charge in [-0.15, -0.1) is 0 Å². The van der Waals surface area contributed by atoms with E-state index in [9.17, 15) is 0 Å². The van der Waals surface area contributed by atoms with Crippen molar-refractivity contribution >= 4 is 56.6 Å². The molecule has 0 atom stereocenters. The molecule has 3 heterocycles. The number of nitrogens with zero attached hydrogens (tertiary/aromatic N) is 6. The lowest BCUT2D eigenvalue weighted by molar-refractivity contribution is 1.23. The molecule has 0 aliphatic rings. The first-order valence-electron chi connectivity index (χ1n) is 10.0. The summed E-state index contributed by atoms with van der Waals surface area (Å²) in [5, 5.41) is 2.93. The van der Waals surface area contributed by atoms with E-state index in [0.29, 0.717) is 17.2 Å². The Kier molecular flexibility index (Phi) is 4.09.